The Labute approximate surface area is 87.7 Å². The van der Waals surface area contributed by atoms with Crippen molar-refractivity contribution >= 4 is 5.97 Å². The van der Waals surface area contributed by atoms with Crippen LogP contribution in [0.25, 0.3) is 0 Å². The summed E-state index contributed by atoms with van der Waals surface area (Å²) in [6.45, 7) is 1.36. The van der Waals surface area contributed by atoms with Gasteiger partial charge in [-0.2, -0.15) is 0 Å². The summed E-state index contributed by atoms with van der Waals surface area (Å²) in [5.74, 6) is -0.189. The first-order chi connectivity index (χ1) is 7.12. The van der Waals surface area contributed by atoms with Crippen LogP contribution in [0.4, 0.5) is 0 Å². The molecule has 3 heterocycles. The maximum absolute atomic E-state index is 11.8. The molecular weight excluding hydrogens is 198 g/mol. The van der Waals surface area contributed by atoms with Gasteiger partial charge >= 0.3 is 5.97 Å². The number of aliphatic hydroxyl groups excluding tert-OH is 1. The van der Waals surface area contributed by atoms with Crippen molar-refractivity contribution < 1.29 is 19.4 Å². The smallest absolute Gasteiger partial charge is 0.315 e. The average Bonchev–Trinajstić information content (AvgIpc) is 2.61. The first-order valence-corrected chi connectivity index (χ1v) is 5.22. The number of aliphatic hydroxyl groups is 1. The molecule has 5 nitrogen and oxygen atoms in total. The number of carbonyl (C=O) groups is 1. The Kier molecular flexibility index (Phi) is 1.62. The van der Waals surface area contributed by atoms with Crippen LogP contribution in [0.3, 0.4) is 0 Å². The molecule has 2 N–H and O–H groups in total. The van der Waals surface area contributed by atoms with Gasteiger partial charge in [0.15, 0.2) is 0 Å². The fraction of sp³-hybridized carbons (Fsp3) is 0.900. The number of hydrogen-bond acceptors (Lipinski definition) is 5. The van der Waals surface area contributed by atoms with E-state index in [1.807, 2.05) is 0 Å². The van der Waals surface area contributed by atoms with Gasteiger partial charge in [-0.1, -0.05) is 0 Å². The molecule has 84 valence electrons. The highest BCUT2D eigenvalue weighted by Gasteiger charge is 2.80. The van der Waals surface area contributed by atoms with Crippen LogP contribution in [0.1, 0.15) is 12.8 Å². The first kappa shape index (κ1) is 9.57. The summed E-state index contributed by atoms with van der Waals surface area (Å²) in [4.78, 5) is 11.8. The molecule has 0 aromatic heterocycles. The summed E-state index contributed by atoms with van der Waals surface area (Å²) in [5.41, 5.74) is -1.39. The van der Waals surface area contributed by atoms with E-state index < -0.39 is 16.6 Å². The van der Waals surface area contributed by atoms with E-state index in [-0.39, 0.29) is 12.6 Å². The van der Waals surface area contributed by atoms with Crippen molar-refractivity contribution in [3.8, 4) is 0 Å². The lowest BCUT2D eigenvalue weighted by atomic mass is 9.54. The standard InChI is InChI=1S/C10H15NO4/c1-14-7(13)9-2-8(3-9,6-12)15-10(9)4-11-5-10/h11-12H,2-6H2,1H3. The molecule has 3 aliphatic heterocycles. The van der Waals surface area contributed by atoms with E-state index >= 15 is 0 Å². The van der Waals surface area contributed by atoms with Gasteiger partial charge in [0.1, 0.15) is 11.0 Å². The van der Waals surface area contributed by atoms with Crippen LogP contribution in [0.15, 0.2) is 0 Å². The summed E-state index contributed by atoms with van der Waals surface area (Å²) in [6.07, 6.45) is 1.20. The predicted molar refractivity (Wildman–Crippen MR) is 50.2 cm³/mol. The molecule has 0 aromatic carbocycles. The average molecular weight is 213 g/mol. The molecule has 0 amide bonds. The molecule has 1 aliphatic carbocycles. The Morgan fingerprint density at radius 1 is 1.53 bits per heavy atom. The van der Waals surface area contributed by atoms with Crippen molar-refractivity contribution in [1.82, 2.24) is 5.32 Å². The van der Waals surface area contributed by atoms with Gasteiger partial charge in [-0.05, 0) is 12.8 Å². The van der Waals surface area contributed by atoms with Crippen LogP contribution in [0, 0.1) is 5.41 Å². The van der Waals surface area contributed by atoms with Gasteiger partial charge in [-0.25, -0.2) is 0 Å². The lowest BCUT2D eigenvalue weighted by Gasteiger charge is -2.48. The maximum atomic E-state index is 11.8. The van der Waals surface area contributed by atoms with Crippen molar-refractivity contribution in [3.63, 3.8) is 0 Å². The van der Waals surface area contributed by atoms with Crippen molar-refractivity contribution in [2.45, 2.75) is 24.0 Å². The summed E-state index contributed by atoms with van der Waals surface area (Å²) in [7, 11) is 1.41. The van der Waals surface area contributed by atoms with Gasteiger partial charge in [0, 0.05) is 13.1 Å². The van der Waals surface area contributed by atoms with Gasteiger partial charge in [-0.3, -0.25) is 4.79 Å². The number of carbonyl (C=O) groups excluding carboxylic acids is 1. The number of hydrogen-bond donors (Lipinski definition) is 2. The van der Waals surface area contributed by atoms with Gasteiger partial charge in [0.05, 0.1) is 19.3 Å². The Bertz CT molecular complexity index is 317. The minimum absolute atomic E-state index is 0.00645. The lowest BCUT2D eigenvalue weighted by molar-refractivity contribution is -0.165. The van der Waals surface area contributed by atoms with Gasteiger partial charge in [0.25, 0.3) is 0 Å². The molecular formula is C10H15NO4. The molecule has 4 rings (SSSR count). The molecule has 4 fully saturated rings. The van der Waals surface area contributed by atoms with Crippen molar-refractivity contribution in [3.05, 3.63) is 0 Å². The second-order valence-corrected chi connectivity index (χ2v) is 4.97. The predicted octanol–water partition coefficient (Wildman–Crippen LogP) is -0.957. The Hall–Kier alpha value is -0.650. The van der Waals surface area contributed by atoms with Crippen LogP contribution >= 0.6 is 0 Å². The van der Waals surface area contributed by atoms with E-state index in [9.17, 15) is 9.90 Å². The number of nitrogens with one attached hydrogen (secondary N) is 1. The first-order valence-electron chi connectivity index (χ1n) is 5.22. The largest absolute Gasteiger partial charge is 0.469 e. The molecule has 0 aromatic rings. The van der Waals surface area contributed by atoms with E-state index in [1.54, 1.807) is 0 Å². The Morgan fingerprint density at radius 3 is 2.60 bits per heavy atom. The molecule has 3 saturated heterocycles. The Morgan fingerprint density at radius 2 is 2.20 bits per heavy atom. The molecule has 0 unspecified atom stereocenters. The number of ether oxygens (including phenoxy) is 2. The topological polar surface area (TPSA) is 67.8 Å². The van der Waals surface area contributed by atoms with Crippen LogP contribution in [-0.4, -0.2) is 49.1 Å². The molecule has 5 heteroatoms. The molecule has 4 aliphatic rings. The van der Waals surface area contributed by atoms with Crippen LogP contribution < -0.4 is 5.32 Å². The molecule has 0 radical (unpaired) electrons. The third-order valence-corrected chi connectivity index (χ3v) is 4.22. The second-order valence-electron chi connectivity index (χ2n) is 4.97. The fourth-order valence-electron chi connectivity index (χ4n) is 3.39. The molecule has 0 atom stereocenters. The summed E-state index contributed by atoms with van der Waals surface area (Å²) >= 11 is 0. The Balaban J connectivity index is 1.94. The lowest BCUT2D eigenvalue weighted by Crippen LogP contribution is -2.68. The third-order valence-electron chi connectivity index (χ3n) is 4.22. The number of esters is 1. The minimum Gasteiger partial charge on any atom is -0.469 e. The van der Waals surface area contributed by atoms with Gasteiger partial charge < -0.3 is 19.9 Å². The summed E-state index contributed by atoms with van der Waals surface area (Å²) in [6, 6.07) is 0. The molecule has 15 heavy (non-hydrogen) atoms. The van der Waals surface area contributed by atoms with E-state index in [0.717, 1.165) is 0 Å². The molecule has 1 spiro atoms. The highest BCUT2D eigenvalue weighted by atomic mass is 16.6. The van der Waals surface area contributed by atoms with Gasteiger partial charge in [0.2, 0.25) is 0 Å². The second kappa shape index (κ2) is 2.53. The van der Waals surface area contributed by atoms with Crippen molar-refractivity contribution in [1.29, 1.82) is 0 Å². The number of methoxy groups -OCH3 is 1. The van der Waals surface area contributed by atoms with Crippen LogP contribution in [-0.2, 0) is 14.3 Å². The zero-order valence-corrected chi connectivity index (χ0v) is 8.71. The molecule has 1 saturated carbocycles. The third kappa shape index (κ3) is 0.836. The van der Waals surface area contributed by atoms with E-state index in [2.05, 4.69) is 5.32 Å². The summed E-state index contributed by atoms with van der Waals surface area (Å²) in [5, 5.41) is 12.4. The zero-order valence-electron chi connectivity index (χ0n) is 8.71. The quantitative estimate of drug-likeness (QED) is 0.578. The monoisotopic (exact) mass is 213 g/mol. The fourth-order valence-corrected chi connectivity index (χ4v) is 3.39. The minimum atomic E-state index is -0.504. The van der Waals surface area contributed by atoms with Crippen LogP contribution in [0.2, 0.25) is 0 Å². The SMILES string of the molecule is COC(=O)C12CC(CO)(C1)OC21CNC1. The number of rotatable bonds is 2. The van der Waals surface area contributed by atoms with Crippen LogP contribution in [0.5, 0.6) is 0 Å². The van der Waals surface area contributed by atoms with E-state index in [1.165, 1.54) is 7.11 Å². The van der Waals surface area contributed by atoms with Crippen molar-refractivity contribution in [2.24, 2.45) is 5.41 Å². The van der Waals surface area contributed by atoms with Crippen molar-refractivity contribution in [2.75, 3.05) is 26.8 Å². The highest BCUT2D eigenvalue weighted by molar-refractivity contribution is 5.82. The normalized spacial score (nSPS) is 44.7. The highest BCUT2D eigenvalue weighted by Crippen LogP contribution is 2.67. The summed E-state index contributed by atoms with van der Waals surface area (Å²) < 4.78 is 10.8. The van der Waals surface area contributed by atoms with E-state index in [0.29, 0.717) is 25.9 Å². The maximum Gasteiger partial charge on any atom is 0.315 e. The van der Waals surface area contributed by atoms with E-state index in [4.69, 9.17) is 9.47 Å². The zero-order chi connectivity index (χ0) is 10.7. The van der Waals surface area contributed by atoms with Gasteiger partial charge in [-0.15, -0.1) is 0 Å². The molecule has 2 bridgehead atoms.